The molecule has 0 spiro atoms. The quantitative estimate of drug-likeness (QED) is 0.722. The zero-order chi connectivity index (χ0) is 14.1. The number of hydrogen-bond donors (Lipinski definition) is 0. The van der Waals surface area contributed by atoms with Crippen molar-refractivity contribution in [3.63, 3.8) is 0 Å². The van der Waals surface area contributed by atoms with Gasteiger partial charge in [-0.25, -0.2) is 4.98 Å². The van der Waals surface area contributed by atoms with E-state index in [9.17, 15) is 4.79 Å². The Kier molecular flexibility index (Phi) is 3.51. The van der Waals surface area contributed by atoms with Gasteiger partial charge in [0.2, 0.25) is 0 Å². The fraction of sp³-hybridized carbons (Fsp3) is 0.0667. The summed E-state index contributed by atoms with van der Waals surface area (Å²) in [5, 5.41) is 0.569. The average Bonchev–Trinajstić information content (AvgIpc) is 2.44. The first kappa shape index (κ1) is 13.2. The molecular formula is C15H11ClN2OS. The number of aryl methyl sites for hydroxylation is 1. The molecule has 0 saturated heterocycles. The number of nitrogens with zero attached hydrogens (tertiary/aromatic N) is 2. The van der Waals surface area contributed by atoms with E-state index in [1.54, 1.807) is 18.3 Å². The fourth-order valence-corrected chi connectivity index (χ4v) is 2.99. The third kappa shape index (κ3) is 2.44. The molecule has 0 aliphatic carbocycles. The fourth-order valence-electron chi connectivity index (χ4n) is 1.93. The molecule has 2 heterocycles. The molecule has 100 valence electrons. The molecule has 0 atom stereocenters. The number of halogens is 1. The predicted octanol–water partition coefficient (Wildman–Crippen LogP) is 3.81. The highest BCUT2D eigenvalue weighted by Gasteiger charge is 2.11. The first-order chi connectivity index (χ1) is 9.65. The van der Waals surface area contributed by atoms with Crippen molar-refractivity contribution in [2.75, 3.05) is 0 Å². The van der Waals surface area contributed by atoms with Gasteiger partial charge in [0.15, 0.2) is 0 Å². The Balaban J connectivity index is 2.17. The lowest BCUT2D eigenvalue weighted by atomic mass is 10.4. The number of fused-ring (bicyclic) bond motifs is 1. The van der Waals surface area contributed by atoms with Crippen LogP contribution in [0.3, 0.4) is 0 Å². The molecule has 0 unspecified atom stereocenters. The summed E-state index contributed by atoms with van der Waals surface area (Å²) in [4.78, 5) is 18.6. The molecule has 5 heteroatoms. The highest BCUT2D eigenvalue weighted by molar-refractivity contribution is 7.99. The standard InChI is InChI=1S/C15H11ClN2OS/c1-10-14(20-12-5-3-2-4-6-12)15(19)18-8-7-11(16)9-13(18)17-10/h2-9H,1H3. The third-order valence-corrected chi connectivity index (χ3v) is 4.30. The molecule has 3 aromatic rings. The summed E-state index contributed by atoms with van der Waals surface area (Å²) in [6.45, 7) is 1.84. The van der Waals surface area contributed by atoms with Crippen molar-refractivity contribution in [3.8, 4) is 0 Å². The summed E-state index contributed by atoms with van der Waals surface area (Å²) < 4.78 is 1.52. The smallest absolute Gasteiger partial charge is 0.268 e. The van der Waals surface area contributed by atoms with Crippen LogP contribution in [0.15, 0.2) is 63.2 Å². The maximum Gasteiger partial charge on any atom is 0.272 e. The Morgan fingerprint density at radius 1 is 1.20 bits per heavy atom. The van der Waals surface area contributed by atoms with Gasteiger partial charge in [0.1, 0.15) is 5.65 Å². The Bertz CT molecular complexity index is 830. The van der Waals surface area contributed by atoms with Gasteiger partial charge >= 0.3 is 0 Å². The molecule has 0 saturated carbocycles. The molecule has 0 bridgehead atoms. The Morgan fingerprint density at radius 2 is 1.95 bits per heavy atom. The second-order valence-electron chi connectivity index (χ2n) is 4.32. The van der Waals surface area contributed by atoms with Crippen LogP contribution < -0.4 is 5.56 Å². The summed E-state index contributed by atoms with van der Waals surface area (Å²) in [6.07, 6.45) is 1.65. The Morgan fingerprint density at radius 3 is 2.70 bits per heavy atom. The van der Waals surface area contributed by atoms with E-state index < -0.39 is 0 Å². The van der Waals surface area contributed by atoms with Gasteiger partial charge in [-0.3, -0.25) is 9.20 Å². The van der Waals surface area contributed by atoms with Crippen molar-refractivity contribution in [1.82, 2.24) is 9.38 Å². The van der Waals surface area contributed by atoms with Crippen LogP contribution in [-0.2, 0) is 0 Å². The van der Waals surface area contributed by atoms with Crippen molar-refractivity contribution in [2.45, 2.75) is 16.7 Å². The lowest BCUT2D eigenvalue weighted by Crippen LogP contribution is -2.18. The molecule has 0 fully saturated rings. The van der Waals surface area contributed by atoms with E-state index in [-0.39, 0.29) is 5.56 Å². The van der Waals surface area contributed by atoms with Gasteiger partial charge in [-0.15, -0.1) is 0 Å². The minimum Gasteiger partial charge on any atom is -0.268 e. The van der Waals surface area contributed by atoms with Crippen molar-refractivity contribution in [1.29, 1.82) is 0 Å². The van der Waals surface area contributed by atoms with Crippen LogP contribution >= 0.6 is 23.4 Å². The van der Waals surface area contributed by atoms with E-state index in [2.05, 4.69) is 4.98 Å². The SMILES string of the molecule is Cc1nc2cc(Cl)ccn2c(=O)c1Sc1ccccc1. The normalized spacial score (nSPS) is 10.9. The minimum absolute atomic E-state index is 0.0713. The van der Waals surface area contributed by atoms with E-state index in [0.29, 0.717) is 21.3 Å². The van der Waals surface area contributed by atoms with Crippen LogP contribution in [0.25, 0.3) is 5.65 Å². The maximum absolute atomic E-state index is 12.5. The zero-order valence-corrected chi connectivity index (χ0v) is 12.3. The molecule has 2 aromatic heterocycles. The number of hydrogen-bond acceptors (Lipinski definition) is 3. The second kappa shape index (κ2) is 5.31. The molecule has 0 amide bonds. The van der Waals surface area contributed by atoms with Crippen molar-refractivity contribution in [2.24, 2.45) is 0 Å². The van der Waals surface area contributed by atoms with Gasteiger partial charge in [-0.2, -0.15) is 0 Å². The van der Waals surface area contributed by atoms with Crippen LogP contribution in [0.4, 0.5) is 0 Å². The van der Waals surface area contributed by atoms with Gasteiger partial charge in [0.05, 0.1) is 10.6 Å². The van der Waals surface area contributed by atoms with Crippen molar-refractivity contribution < 1.29 is 0 Å². The van der Waals surface area contributed by atoms with Crippen LogP contribution in [0.2, 0.25) is 5.02 Å². The summed E-state index contributed by atoms with van der Waals surface area (Å²) in [6, 6.07) is 13.2. The molecule has 3 rings (SSSR count). The van der Waals surface area contributed by atoms with Gasteiger partial charge < -0.3 is 0 Å². The molecular weight excluding hydrogens is 292 g/mol. The van der Waals surface area contributed by atoms with E-state index in [1.165, 1.54) is 16.2 Å². The predicted molar refractivity (Wildman–Crippen MR) is 81.8 cm³/mol. The van der Waals surface area contributed by atoms with E-state index >= 15 is 0 Å². The first-order valence-electron chi connectivity index (χ1n) is 6.06. The number of benzene rings is 1. The highest BCUT2D eigenvalue weighted by Crippen LogP contribution is 2.26. The van der Waals surface area contributed by atoms with Crippen molar-refractivity contribution >= 4 is 29.0 Å². The minimum atomic E-state index is -0.0713. The lowest BCUT2D eigenvalue weighted by Gasteiger charge is -2.07. The van der Waals surface area contributed by atoms with E-state index in [0.717, 1.165) is 4.90 Å². The van der Waals surface area contributed by atoms with Crippen LogP contribution in [-0.4, -0.2) is 9.38 Å². The monoisotopic (exact) mass is 302 g/mol. The number of aromatic nitrogens is 2. The number of rotatable bonds is 2. The zero-order valence-electron chi connectivity index (χ0n) is 10.7. The van der Waals surface area contributed by atoms with E-state index in [4.69, 9.17) is 11.6 Å². The van der Waals surface area contributed by atoms with Gasteiger partial charge in [0.25, 0.3) is 5.56 Å². The van der Waals surface area contributed by atoms with Gasteiger partial charge in [-0.05, 0) is 25.1 Å². The van der Waals surface area contributed by atoms with Crippen LogP contribution in [0, 0.1) is 6.92 Å². The molecule has 3 nitrogen and oxygen atoms in total. The summed E-state index contributed by atoms with van der Waals surface area (Å²) in [7, 11) is 0. The molecule has 0 aliphatic heterocycles. The van der Waals surface area contributed by atoms with Crippen LogP contribution in [0.5, 0.6) is 0 Å². The molecule has 0 aliphatic rings. The highest BCUT2D eigenvalue weighted by atomic mass is 35.5. The van der Waals surface area contributed by atoms with Crippen LogP contribution in [0.1, 0.15) is 5.69 Å². The van der Waals surface area contributed by atoms with Gasteiger partial charge in [-0.1, -0.05) is 41.6 Å². The molecule has 20 heavy (non-hydrogen) atoms. The Hall–Kier alpha value is -1.78. The largest absolute Gasteiger partial charge is 0.272 e. The van der Waals surface area contributed by atoms with Crippen molar-refractivity contribution in [3.05, 3.63) is 69.7 Å². The lowest BCUT2D eigenvalue weighted by molar-refractivity contribution is 0.948. The molecule has 0 N–H and O–H groups in total. The topological polar surface area (TPSA) is 34.4 Å². The molecule has 1 aromatic carbocycles. The third-order valence-electron chi connectivity index (χ3n) is 2.88. The second-order valence-corrected chi connectivity index (χ2v) is 5.84. The first-order valence-corrected chi connectivity index (χ1v) is 7.26. The Labute approximate surface area is 125 Å². The summed E-state index contributed by atoms with van der Waals surface area (Å²) in [5.41, 5.74) is 1.21. The molecule has 0 radical (unpaired) electrons. The van der Waals surface area contributed by atoms with E-state index in [1.807, 2.05) is 37.3 Å². The number of pyridine rings is 1. The maximum atomic E-state index is 12.5. The average molecular weight is 303 g/mol. The summed E-state index contributed by atoms with van der Waals surface area (Å²) >= 11 is 7.36. The van der Waals surface area contributed by atoms with Gasteiger partial charge in [0, 0.05) is 22.2 Å². The summed E-state index contributed by atoms with van der Waals surface area (Å²) in [5.74, 6) is 0.